The molecule has 0 radical (unpaired) electrons. The van der Waals surface area contributed by atoms with E-state index in [2.05, 4.69) is 0 Å². The van der Waals surface area contributed by atoms with E-state index in [0.717, 1.165) is 23.8 Å². The number of rotatable bonds is 4. The lowest BCUT2D eigenvalue weighted by Crippen LogP contribution is -2.65. The lowest BCUT2D eigenvalue weighted by atomic mass is 9.82. The van der Waals surface area contributed by atoms with E-state index in [9.17, 15) is 23.6 Å². The normalized spacial score (nSPS) is 20.6. The Hall–Kier alpha value is -3.53. The first-order valence-electron chi connectivity index (χ1n) is 9.47. The Bertz CT molecular complexity index is 1080. The van der Waals surface area contributed by atoms with Crippen LogP contribution in [0, 0.1) is 23.0 Å². The highest BCUT2D eigenvalue weighted by Crippen LogP contribution is 2.34. The third-order valence-corrected chi connectivity index (χ3v) is 5.69. The summed E-state index contributed by atoms with van der Waals surface area (Å²) in [6.07, 6.45) is 1.76. The molecule has 1 saturated heterocycles. The number of carbonyl (C=O) groups is 2. The van der Waals surface area contributed by atoms with E-state index in [1.807, 2.05) is 37.3 Å². The molecule has 0 bridgehead atoms. The number of benzene rings is 2. The Morgan fingerprint density at radius 1 is 1.10 bits per heavy atom. The summed E-state index contributed by atoms with van der Waals surface area (Å²) in [5.41, 5.74) is -0.824. The number of nitriles is 1. The van der Waals surface area contributed by atoms with Gasteiger partial charge in [0.15, 0.2) is 11.6 Å². The lowest BCUT2D eigenvalue weighted by molar-refractivity contribution is -0.157. The minimum Gasteiger partial charge on any atom is -0.325 e. The number of nitrogens with zero attached hydrogens (tertiary/aromatic N) is 3. The van der Waals surface area contributed by atoms with Crippen LogP contribution in [0.4, 0.5) is 8.78 Å². The van der Waals surface area contributed by atoms with Crippen LogP contribution in [0.5, 0.6) is 0 Å². The van der Waals surface area contributed by atoms with Crippen LogP contribution >= 0.6 is 0 Å². The summed E-state index contributed by atoms with van der Waals surface area (Å²) in [4.78, 5) is 29.1. The summed E-state index contributed by atoms with van der Waals surface area (Å²) in [6, 6.07) is 13.1. The van der Waals surface area contributed by atoms with Crippen molar-refractivity contribution in [3.8, 4) is 6.07 Å². The van der Waals surface area contributed by atoms with Crippen molar-refractivity contribution in [2.24, 2.45) is 0 Å². The van der Waals surface area contributed by atoms with Gasteiger partial charge in [0.25, 0.3) is 11.8 Å². The van der Waals surface area contributed by atoms with Crippen molar-refractivity contribution in [1.29, 1.82) is 5.26 Å². The van der Waals surface area contributed by atoms with E-state index in [0.29, 0.717) is 12.8 Å². The monoisotopic (exact) mass is 409 g/mol. The minimum atomic E-state index is -1.24. The van der Waals surface area contributed by atoms with Crippen LogP contribution in [0.3, 0.4) is 0 Å². The van der Waals surface area contributed by atoms with Gasteiger partial charge >= 0.3 is 0 Å². The molecule has 1 fully saturated rings. The Kier molecular flexibility index (Phi) is 5.70. The zero-order chi connectivity index (χ0) is 22.1. The summed E-state index contributed by atoms with van der Waals surface area (Å²) >= 11 is 0. The predicted octanol–water partition coefficient (Wildman–Crippen LogP) is 3.50. The van der Waals surface area contributed by atoms with Gasteiger partial charge in [0.05, 0.1) is 11.6 Å². The van der Waals surface area contributed by atoms with E-state index in [1.54, 1.807) is 6.07 Å². The fourth-order valence-electron chi connectivity index (χ4n) is 3.82. The third-order valence-electron chi connectivity index (χ3n) is 5.69. The number of amides is 2. The summed E-state index contributed by atoms with van der Waals surface area (Å²) < 4.78 is 28.1. The number of halogens is 2. The predicted molar refractivity (Wildman–Crippen MR) is 108 cm³/mol. The van der Waals surface area contributed by atoms with Crippen LogP contribution in [-0.2, 0) is 16.0 Å². The highest BCUT2D eigenvalue weighted by Gasteiger charge is 2.50. The van der Waals surface area contributed by atoms with Crippen LogP contribution < -0.4 is 0 Å². The van der Waals surface area contributed by atoms with E-state index in [-0.39, 0.29) is 22.7 Å². The van der Waals surface area contributed by atoms with E-state index < -0.39 is 23.1 Å². The first-order chi connectivity index (χ1) is 14.3. The van der Waals surface area contributed by atoms with Crippen LogP contribution in [0.2, 0.25) is 0 Å². The topological polar surface area (TPSA) is 64.4 Å². The van der Waals surface area contributed by atoms with Gasteiger partial charge < -0.3 is 9.80 Å². The number of hydrogen-bond acceptors (Lipinski definition) is 3. The average molecular weight is 409 g/mol. The molecule has 0 aromatic heterocycles. The number of hydrogen-bond donors (Lipinski definition) is 0. The van der Waals surface area contributed by atoms with Crippen molar-refractivity contribution in [2.75, 3.05) is 14.1 Å². The minimum absolute atomic E-state index is 0.124. The highest BCUT2D eigenvalue weighted by molar-refractivity contribution is 6.09. The van der Waals surface area contributed by atoms with Gasteiger partial charge in [-0.05, 0) is 30.2 Å². The van der Waals surface area contributed by atoms with Crippen molar-refractivity contribution in [2.45, 2.75) is 25.3 Å². The molecule has 2 aromatic rings. The molecule has 0 saturated carbocycles. The lowest BCUT2D eigenvalue weighted by Gasteiger charge is -2.47. The molecule has 1 heterocycles. The summed E-state index contributed by atoms with van der Waals surface area (Å²) in [5.74, 6) is -3.23. The maximum Gasteiger partial charge on any atom is 0.271 e. The molecule has 154 valence electrons. The molecule has 1 aliphatic heterocycles. The van der Waals surface area contributed by atoms with Gasteiger partial charge in [-0.2, -0.15) is 5.26 Å². The Morgan fingerprint density at radius 2 is 1.77 bits per heavy atom. The molecule has 2 amide bonds. The molecule has 0 spiro atoms. The zero-order valence-corrected chi connectivity index (χ0v) is 16.9. The summed E-state index contributed by atoms with van der Waals surface area (Å²) in [5, 5.41) is 9.24. The van der Waals surface area contributed by atoms with E-state index in [4.69, 9.17) is 0 Å². The van der Waals surface area contributed by atoms with E-state index in [1.165, 1.54) is 23.9 Å². The van der Waals surface area contributed by atoms with Gasteiger partial charge in [0.2, 0.25) is 0 Å². The Morgan fingerprint density at radius 3 is 2.37 bits per heavy atom. The average Bonchev–Trinajstić information content (AvgIpc) is 2.76. The molecule has 30 heavy (non-hydrogen) atoms. The molecule has 2 aromatic carbocycles. The van der Waals surface area contributed by atoms with Gasteiger partial charge in [-0.1, -0.05) is 37.3 Å². The maximum atomic E-state index is 14.4. The van der Waals surface area contributed by atoms with Crippen LogP contribution in [-0.4, -0.2) is 41.2 Å². The quantitative estimate of drug-likeness (QED) is 0.726. The second kappa shape index (κ2) is 8.07. The zero-order valence-electron chi connectivity index (χ0n) is 16.9. The molecule has 5 nitrogen and oxygen atoms in total. The fourth-order valence-corrected chi connectivity index (χ4v) is 3.82. The SMILES string of the molecule is CCC1(Cc2ccccc2)C(=O)N(C)C(=Cc2c(C#N)ccc(F)c2F)C(=O)N1C. The Labute approximate surface area is 173 Å². The van der Waals surface area contributed by atoms with Crippen LogP contribution in [0.15, 0.2) is 48.2 Å². The second-order valence-electron chi connectivity index (χ2n) is 7.24. The molecule has 7 heteroatoms. The summed E-state index contributed by atoms with van der Waals surface area (Å²) in [7, 11) is 2.96. The second-order valence-corrected chi connectivity index (χ2v) is 7.24. The van der Waals surface area contributed by atoms with Gasteiger partial charge in [0, 0.05) is 26.1 Å². The van der Waals surface area contributed by atoms with Crippen molar-refractivity contribution in [3.63, 3.8) is 0 Å². The largest absolute Gasteiger partial charge is 0.325 e. The van der Waals surface area contributed by atoms with Gasteiger partial charge in [-0.15, -0.1) is 0 Å². The van der Waals surface area contributed by atoms with Crippen molar-refractivity contribution in [1.82, 2.24) is 9.80 Å². The molecule has 1 atom stereocenters. The van der Waals surface area contributed by atoms with Gasteiger partial charge in [-0.25, -0.2) is 8.78 Å². The molecule has 1 aliphatic rings. The maximum absolute atomic E-state index is 14.4. The van der Waals surface area contributed by atoms with Gasteiger partial charge in [0.1, 0.15) is 11.2 Å². The molecular weight excluding hydrogens is 388 g/mol. The van der Waals surface area contributed by atoms with E-state index >= 15 is 0 Å². The Balaban J connectivity index is 2.09. The van der Waals surface area contributed by atoms with Crippen LogP contribution in [0.25, 0.3) is 6.08 Å². The first-order valence-corrected chi connectivity index (χ1v) is 9.47. The molecule has 1 unspecified atom stereocenters. The van der Waals surface area contributed by atoms with Gasteiger partial charge in [-0.3, -0.25) is 9.59 Å². The summed E-state index contributed by atoms with van der Waals surface area (Å²) in [6.45, 7) is 1.83. The van der Waals surface area contributed by atoms with Crippen molar-refractivity contribution >= 4 is 17.9 Å². The highest BCUT2D eigenvalue weighted by atomic mass is 19.2. The smallest absolute Gasteiger partial charge is 0.271 e. The number of likely N-dealkylation sites (N-methyl/N-ethyl adjacent to an activating group) is 2. The van der Waals surface area contributed by atoms with Crippen molar-refractivity contribution in [3.05, 3.63) is 76.5 Å². The van der Waals surface area contributed by atoms with Crippen LogP contribution in [0.1, 0.15) is 30.0 Å². The fraction of sp³-hybridized carbons (Fsp3) is 0.261. The number of piperazine rings is 1. The molecule has 0 N–H and O–H groups in total. The molecular formula is C23H21F2N3O2. The standard InChI is InChI=1S/C23H21F2N3O2/c1-4-23(13-15-8-6-5-7-9-15)22(30)27(2)19(21(29)28(23)3)12-17-16(14-26)10-11-18(24)20(17)25/h5-12H,4,13H2,1-3H3. The third kappa shape index (κ3) is 3.35. The molecule has 0 aliphatic carbocycles. The molecule has 3 rings (SSSR count). The first kappa shape index (κ1) is 21.2. The number of carbonyl (C=O) groups excluding carboxylic acids is 2. The van der Waals surface area contributed by atoms with Crippen molar-refractivity contribution < 1.29 is 18.4 Å².